The SMILES string of the molecule is COc1ccc(OC)c(NC(N)=NCC(c2cccc(Cl)c2)N2CCCC2)c1. The zero-order valence-corrected chi connectivity index (χ0v) is 17.1. The molecule has 1 heterocycles. The third kappa shape index (κ3) is 5.09. The quantitative estimate of drug-likeness (QED) is 0.542. The zero-order chi connectivity index (χ0) is 19.9. The Morgan fingerprint density at radius 3 is 2.64 bits per heavy atom. The molecule has 2 aromatic carbocycles. The topological polar surface area (TPSA) is 72.1 Å². The number of nitrogens with zero attached hydrogens (tertiary/aromatic N) is 2. The number of hydrogen-bond donors (Lipinski definition) is 2. The highest BCUT2D eigenvalue weighted by Gasteiger charge is 2.23. The number of halogens is 1. The van der Waals surface area contributed by atoms with Gasteiger partial charge in [-0.1, -0.05) is 23.7 Å². The number of nitrogens with two attached hydrogens (primary N) is 1. The molecule has 0 bridgehead atoms. The van der Waals surface area contributed by atoms with Gasteiger partial charge in [0.2, 0.25) is 0 Å². The Morgan fingerprint density at radius 2 is 1.96 bits per heavy atom. The highest BCUT2D eigenvalue weighted by Crippen LogP contribution is 2.29. The molecule has 6 nitrogen and oxygen atoms in total. The average Bonchev–Trinajstić information content (AvgIpc) is 3.22. The molecule has 0 amide bonds. The Kier molecular flexibility index (Phi) is 7.01. The van der Waals surface area contributed by atoms with Crippen molar-refractivity contribution in [2.24, 2.45) is 10.7 Å². The van der Waals surface area contributed by atoms with Crippen molar-refractivity contribution in [3.05, 3.63) is 53.1 Å². The van der Waals surface area contributed by atoms with Crippen molar-refractivity contribution in [2.75, 3.05) is 39.2 Å². The molecular weight excluding hydrogens is 376 g/mol. The van der Waals surface area contributed by atoms with Crippen molar-refractivity contribution >= 4 is 23.2 Å². The normalized spacial score (nSPS) is 16.0. The molecule has 0 aliphatic carbocycles. The average molecular weight is 403 g/mol. The fourth-order valence-electron chi connectivity index (χ4n) is 3.47. The highest BCUT2D eigenvalue weighted by molar-refractivity contribution is 6.30. The summed E-state index contributed by atoms with van der Waals surface area (Å²) in [5, 5.41) is 3.86. The third-order valence-electron chi connectivity index (χ3n) is 4.92. The molecule has 1 atom stereocenters. The van der Waals surface area contributed by atoms with Crippen molar-refractivity contribution < 1.29 is 9.47 Å². The molecule has 2 aromatic rings. The van der Waals surface area contributed by atoms with Crippen molar-refractivity contribution in [3.63, 3.8) is 0 Å². The van der Waals surface area contributed by atoms with Gasteiger partial charge in [0, 0.05) is 11.1 Å². The summed E-state index contributed by atoms with van der Waals surface area (Å²) >= 11 is 6.21. The summed E-state index contributed by atoms with van der Waals surface area (Å²) in [5.41, 5.74) is 8.04. The van der Waals surface area contributed by atoms with Crippen LogP contribution in [0.15, 0.2) is 47.5 Å². The number of ether oxygens (including phenoxy) is 2. The summed E-state index contributed by atoms with van der Waals surface area (Å²) in [6, 6.07) is 13.6. The van der Waals surface area contributed by atoms with Crippen LogP contribution < -0.4 is 20.5 Å². The second-order valence-electron chi connectivity index (χ2n) is 6.73. The molecule has 1 aliphatic rings. The van der Waals surface area contributed by atoms with Gasteiger partial charge in [0.1, 0.15) is 11.5 Å². The molecule has 0 aromatic heterocycles. The van der Waals surface area contributed by atoms with Gasteiger partial charge in [0.25, 0.3) is 0 Å². The molecule has 1 saturated heterocycles. The van der Waals surface area contributed by atoms with Gasteiger partial charge in [-0.25, -0.2) is 0 Å². The third-order valence-corrected chi connectivity index (χ3v) is 5.15. The van der Waals surface area contributed by atoms with E-state index in [-0.39, 0.29) is 6.04 Å². The fraction of sp³-hybridized carbons (Fsp3) is 0.381. The van der Waals surface area contributed by atoms with E-state index in [1.54, 1.807) is 14.2 Å². The molecular formula is C21H27ClN4O2. The Morgan fingerprint density at radius 1 is 1.18 bits per heavy atom. The van der Waals surface area contributed by atoms with E-state index in [0.29, 0.717) is 29.7 Å². The van der Waals surface area contributed by atoms with E-state index in [0.717, 1.165) is 23.7 Å². The Balaban J connectivity index is 1.77. The first kappa shape index (κ1) is 20.3. The molecule has 0 radical (unpaired) electrons. The number of nitrogens with one attached hydrogen (secondary N) is 1. The van der Waals surface area contributed by atoms with E-state index in [2.05, 4.69) is 21.3 Å². The summed E-state index contributed by atoms with van der Waals surface area (Å²) in [4.78, 5) is 7.04. The molecule has 150 valence electrons. The molecule has 3 N–H and O–H groups in total. The predicted octanol–water partition coefficient (Wildman–Crippen LogP) is 3.92. The van der Waals surface area contributed by atoms with Crippen LogP contribution in [0.25, 0.3) is 0 Å². The Hall–Kier alpha value is -2.44. The second-order valence-corrected chi connectivity index (χ2v) is 7.17. The number of likely N-dealkylation sites (tertiary alicyclic amines) is 1. The van der Waals surface area contributed by atoms with Gasteiger partial charge in [0.15, 0.2) is 5.96 Å². The lowest BCUT2D eigenvalue weighted by atomic mass is 10.1. The largest absolute Gasteiger partial charge is 0.497 e. The molecule has 7 heteroatoms. The molecule has 1 fully saturated rings. The van der Waals surface area contributed by atoms with Gasteiger partial charge < -0.3 is 20.5 Å². The molecule has 0 spiro atoms. The second kappa shape index (κ2) is 9.66. The Labute approximate surface area is 171 Å². The first-order valence-electron chi connectivity index (χ1n) is 9.39. The number of aliphatic imine (C=N–C) groups is 1. The lowest BCUT2D eigenvalue weighted by molar-refractivity contribution is 0.252. The first-order chi connectivity index (χ1) is 13.6. The maximum Gasteiger partial charge on any atom is 0.193 e. The number of benzene rings is 2. The van der Waals surface area contributed by atoms with E-state index in [1.165, 1.54) is 12.8 Å². The minimum Gasteiger partial charge on any atom is -0.497 e. The van der Waals surface area contributed by atoms with E-state index in [1.807, 2.05) is 36.4 Å². The standard InChI is InChI=1S/C21H27ClN4O2/c1-27-17-8-9-20(28-2)18(13-17)25-21(23)24-14-19(26-10-3-4-11-26)15-6-5-7-16(22)12-15/h5-9,12-13,19H,3-4,10-11,14H2,1-2H3,(H3,23,24,25). The minimum atomic E-state index is 0.147. The summed E-state index contributed by atoms with van der Waals surface area (Å²) in [7, 11) is 3.23. The number of guanidine groups is 1. The van der Waals surface area contributed by atoms with E-state index in [9.17, 15) is 0 Å². The Bertz CT molecular complexity index is 822. The molecule has 0 saturated carbocycles. The molecule has 3 rings (SSSR count). The van der Waals surface area contributed by atoms with Gasteiger partial charge >= 0.3 is 0 Å². The van der Waals surface area contributed by atoms with Gasteiger partial charge in [-0.15, -0.1) is 0 Å². The van der Waals surface area contributed by atoms with Crippen molar-refractivity contribution in [3.8, 4) is 11.5 Å². The summed E-state index contributed by atoms with van der Waals surface area (Å²) in [6.45, 7) is 2.67. The molecule has 28 heavy (non-hydrogen) atoms. The lowest BCUT2D eigenvalue weighted by Gasteiger charge is -2.27. The highest BCUT2D eigenvalue weighted by atomic mass is 35.5. The maximum absolute atomic E-state index is 6.21. The van der Waals surface area contributed by atoms with Crippen molar-refractivity contribution in [2.45, 2.75) is 18.9 Å². The first-order valence-corrected chi connectivity index (χ1v) is 9.77. The number of anilines is 1. The monoisotopic (exact) mass is 402 g/mol. The van der Waals surface area contributed by atoms with Crippen LogP contribution in [0.5, 0.6) is 11.5 Å². The van der Waals surface area contributed by atoms with Crippen LogP contribution in [0.1, 0.15) is 24.4 Å². The number of methoxy groups -OCH3 is 2. The van der Waals surface area contributed by atoms with Gasteiger partial charge in [0.05, 0.1) is 32.5 Å². The van der Waals surface area contributed by atoms with Crippen LogP contribution in [0.3, 0.4) is 0 Å². The number of rotatable bonds is 7. The van der Waals surface area contributed by atoms with Crippen LogP contribution in [0, 0.1) is 0 Å². The predicted molar refractivity (Wildman–Crippen MR) is 115 cm³/mol. The van der Waals surface area contributed by atoms with E-state index in [4.69, 9.17) is 26.8 Å². The molecule has 1 unspecified atom stereocenters. The zero-order valence-electron chi connectivity index (χ0n) is 16.3. The minimum absolute atomic E-state index is 0.147. The van der Waals surface area contributed by atoms with Crippen molar-refractivity contribution in [1.29, 1.82) is 0 Å². The van der Waals surface area contributed by atoms with Gasteiger partial charge in [-0.3, -0.25) is 9.89 Å². The van der Waals surface area contributed by atoms with E-state index >= 15 is 0 Å². The van der Waals surface area contributed by atoms with Crippen LogP contribution in [0.2, 0.25) is 5.02 Å². The smallest absolute Gasteiger partial charge is 0.193 e. The fourth-order valence-corrected chi connectivity index (χ4v) is 3.67. The van der Waals surface area contributed by atoms with Crippen LogP contribution in [0.4, 0.5) is 5.69 Å². The van der Waals surface area contributed by atoms with Crippen molar-refractivity contribution in [1.82, 2.24) is 4.90 Å². The van der Waals surface area contributed by atoms with Crippen LogP contribution in [-0.4, -0.2) is 44.7 Å². The van der Waals surface area contributed by atoms with E-state index < -0.39 is 0 Å². The molecule has 1 aliphatic heterocycles. The maximum atomic E-state index is 6.21. The number of hydrogen-bond acceptors (Lipinski definition) is 4. The van der Waals surface area contributed by atoms with Gasteiger partial charge in [-0.2, -0.15) is 0 Å². The van der Waals surface area contributed by atoms with Crippen LogP contribution >= 0.6 is 11.6 Å². The summed E-state index contributed by atoms with van der Waals surface area (Å²) in [6.07, 6.45) is 2.41. The van der Waals surface area contributed by atoms with Gasteiger partial charge in [-0.05, 0) is 55.8 Å². The van der Waals surface area contributed by atoms with Crippen LogP contribution in [-0.2, 0) is 0 Å². The summed E-state index contributed by atoms with van der Waals surface area (Å²) < 4.78 is 10.7. The summed E-state index contributed by atoms with van der Waals surface area (Å²) in [5.74, 6) is 1.72. The lowest BCUT2D eigenvalue weighted by Crippen LogP contribution is -2.30.